The van der Waals surface area contributed by atoms with Crippen LogP contribution in [0.4, 0.5) is 0 Å². The van der Waals surface area contributed by atoms with Gasteiger partial charge in [-0.15, -0.1) is 0 Å². The van der Waals surface area contributed by atoms with Gasteiger partial charge in [-0.3, -0.25) is 14.2 Å². The Hall–Kier alpha value is -4.43. The molecule has 13 nitrogen and oxygen atoms in total. The van der Waals surface area contributed by atoms with Crippen LogP contribution in [0.1, 0.15) is 26.7 Å². The van der Waals surface area contributed by atoms with Crippen LogP contribution in [0.15, 0.2) is 69.0 Å². The van der Waals surface area contributed by atoms with Crippen molar-refractivity contribution in [3.05, 3.63) is 65.4 Å². The molecule has 1 atom stereocenters. The van der Waals surface area contributed by atoms with Gasteiger partial charge in [-0.1, -0.05) is 26.0 Å². The lowest BCUT2D eigenvalue weighted by Crippen LogP contribution is -2.51. The van der Waals surface area contributed by atoms with Crippen molar-refractivity contribution in [3.8, 4) is 17.1 Å². The average Bonchev–Trinajstić information content (AvgIpc) is 3.57. The fourth-order valence-electron chi connectivity index (χ4n) is 5.13. The smallest absolute Gasteiger partial charge is 0.419 e. The summed E-state index contributed by atoms with van der Waals surface area (Å²) in [5, 5.41) is 5.65. The molecule has 2 amide bonds. The van der Waals surface area contributed by atoms with E-state index < -0.39 is 34.3 Å². The fourth-order valence-corrected chi connectivity index (χ4v) is 6.59. The highest BCUT2D eigenvalue weighted by Crippen LogP contribution is 2.24. The standard InChI is InChI=1S/C30H36N6O7S/c1-20(2)16-24-29(38)32-11-14-35-13-10-31-28(35)21-6-4-7-22(17-21)42-15-5-12-36(19-27(37)33-24)44(40,41)23-8-9-26-25(18-23)34(3)30(39)43-26/h4,6-10,13,17-18,20,24H,5,11-12,14-16,19H2,1-3H3,(H,32,38)(H,33,37)/t24-/m1/s1. The second kappa shape index (κ2) is 13.1. The van der Waals surface area contributed by atoms with Gasteiger partial charge in [0.15, 0.2) is 5.58 Å². The number of hydrogen-bond acceptors (Lipinski definition) is 8. The first kappa shape index (κ1) is 31.0. The minimum Gasteiger partial charge on any atom is -0.494 e. The lowest BCUT2D eigenvalue weighted by atomic mass is 10.0. The van der Waals surface area contributed by atoms with E-state index in [-0.39, 0.29) is 41.9 Å². The van der Waals surface area contributed by atoms with Crippen molar-refractivity contribution in [3.63, 3.8) is 0 Å². The van der Waals surface area contributed by atoms with Crippen LogP contribution in [0.5, 0.6) is 5.75 Å². The highest BCUT2D eigenvalue weighted by Gasteiger charge is 2.30. The van der Waals surface area contributed by atoms with Crippen LogP contribution in [0.25, 0.3) is 22.5 Å². The number of oxazole rings is 1. The summed E-state index contributed by atoms with van der Waals surface area (Å²) in [6, 6.07) is 10.7. The van der Waals surface area contributed by atoms with Gasteiger partial charge in [0.05, 0.1) is 23.6 Å². The third-order valence-corrected chi connectivity index (χ3v) is 9.20. The molecule has 1 aliphatic rings. The number of nitrogens with zero attached hydrogens (tertiary/aromatic N) is 4. The number of amides is 2. The summed E-state index contributed by atoms with van der Waals surface area (Å²) in [6.45, 7) is 4.25. The molecule has 14 heteroatoms. The van der Waals surface area contributed by atoms with Crippen LogP contribution >= 0.6 is 0 Å². The van der Waals surface area contributed by atoms with Crippen molar-refractivity contribution in [2.24, 2.45) is 13.0 Å². The monoisotopic (exact) mass is 624 g/mol. The van der Waals surface area contributed by atoms with Crippen molar-refractivity contribution < 1.29 is 27.2 Å². The van der Waals surface area contributed by atoms with Crippen molar-refractivity contribution in [1.29, 1.82) is 0 Å². The zero-order valence-electron chi connectivity index (χ0n) is 24.9. The van der Waals surface area contributed by atoms with Crippen LogP contribution in [0, 0.1) is 5.92 Å². The van der Waals surface area contributed by atoms with Gasteiger partial charge in [-0.25, -0.2) is 18.2 Å². The first-order chi connectivity index (χ1) is 21.0. The van der Waals surface area contributed by atoms with Gasteiger partial charge in [-0.05, 0) is 49.1 Å². The molecule has 2 aromatic carbocycles. The predicted molar refractivity (Wildman–Crippen MR) is 162 cm³/mol. The van der Waals surface area contributed by atoms with Gasteiger partial charge in [-0.2, -0.15) is 4.31 Å². The summed E-state index contributed by atoms with van der Waals surface area (Å²) in [5.74, 6) is -0.209. The van der Waals surface area contributed by atoms with Crippen molar-refractivity contribution in [2.75, 3.05) is 26.2 Å². The molecule has 0 saturated heterocycles. The molecular formula is C30H36N6O7S. The second-order valence-corrected chi connectivity index (χ2v) is 13.0. The van der Waals surface area contributed by atoms with Crippen LogP contribution in [-0.2, 0) is 33.2 Å². The van der Waals surface area contributed by atoms with Crippen molar-refractivity contribution >= 4 is 32.9 Å². The Morgan fingerprint density at radius 2 is 1.91 bits per heavy atom. The predicted octanol–water partition coefficient (Wildman–Crippen LogP) is 2.12. The SMILES string of the molecule is CC(C)C[C@H]1NC(=O)CN(S(=O)(=O)c2ccc3oc(=O)n(C)c3c2)CCCOc2cccc(c2)-c2nccn2CCNC1=O. The molecule has 0 aliphatic carbocycles. The number of aryl methyl sites for hydroxylation is 1. The molecule has 44 heavy (non-hydrogen) atoms. The minimum absolute atomic E-state index is 0.0384. The molecular weight excluding hydrogens is 588 g/mol. The summed E-state index contributed by atoms with van der Waals surface area (Å²) >= 11 is 0. The largest absolute Gasteiger partial charge is 0.494 e. The number of rotatable bonds is 4. The first-order valence-electron chi connectivity index (χ1n) is 14.4. The number of fused-ring (bicyclic) bond motifs is 5. The van der Waals surface area contributed by atoms with Gasteiger partial charge >= 0.3 is 5.76 Å². The number of ether oxygens (including phenoxy) is 1. The number of carbonyl (C=O) groups is 2. The summed E-state index contributed by atoms with van der Waals surface area (Å²) in [4.78, 5) is 42.9. The molecule has 0 unspecified atom stereocenters. The highest BCUT2D eigenvalue weighted by atomic mass is 32.2. The number of aromatic nitrogens is 3. The molecule has 1 aliphatic heterocycles. The lowest BCUT2D eigenvalue weighted by Gasteiger charge is -2.25. The molecule has 0 fully saturated rings. The van der Waals surface area contributed by atoms with Gasteiger partial charge < -0.3 is 24.4 Å². The van der Waals surface area contributed by atoms with Crippen molar-refractivity contribution in [2.45, 2.75) is 44.2 Å². The zero-order valence-corrected chi connectivity index (χ0v) is 25.7. The van der Waals surface area contributed by atoms with E-state index in [1.807, 2.05) is 42.8 Å². The molecule has 234 valence electrons. The molecule has 2 bridgehead atoms. The van der Waals surface area contributed by atoms with E-state index in [0.717, 1.165) is 9.87 Å². The third kappa shape index (κ3) is 6.86. The maximum Gasteiger partial charge on any atom is 0.419 e. The number of hydrogen-bond donors (Lipinski definition) is 2. The van der Waals surface area contributed by atoms with Gasteiger partial charge in [0.25, 0.3) is 0 Å². The molecule has 2 aromatic heterocycles. The first-order valence-corrected chi connectivity index (χ1v) is 15.9. The van der Waals surface area contributed by atoms with E-state index >= 15 is 0 Å². The lowest BCUT2D eigenvalue weighted by molar-refractivity contribution is -0.129. The van der Waals surface area contributed by atoms with Crippen LogP contribution in [0.3, 0.4) is 0 Å². The fraction of sp³-hybridized carbons (Fsp3) is 0.400. The number of nitrogens with one attached hydrogen (secondary N) is 2. The molecule has 3 heterocycles. The normalized spacial score (nSPS) is 17.8. The Morgan fingerprint density at radius 3 is 2.70 bits per heavy atom. The van der Waals surface area contributed by atoms with Crippen LogP contribution < -0.4 is 21.1 Å². The van der Waals surface area contributed by atoms with E-state index in [1.54, 1.807) is 12.3 Å². The van der Waals surface area contributed by atoms with Gasteiger partial charge in [0.1, 0.15) is 17.6 Å². The topological polar surface area (TPSA) is 158 Å². The molecule has 0 saturated carbocycles. The zero-order chi connectivity index (χ0) is 31.4. The maximum absolute atomic E-state index is 13.9. The minimum atomic E-state index is -4.21. The average molecular weight is 625 g/mol. The highest BCUT2D eigenvalue weighted by molar-refractivity contribution is 7.89. The van der Waals surface area contributed by atoms with E-state index in [0.29, 0.717) is 36.6 Å². The number of benzene rings is 2. The van der Waals surface area contributed by atoms with Crippen LogP contribution in [0.2, 0.25) is 0 Å². The summed E-state index contributed by atoms with van der Waals surface area (Å²) in [6.07, 6.45) is 4.16. The molecule has 2 N–H and O–H groups in total. The maximum atomic E-state index is 13.9. The summed E-state index contributed by atoms with van der Waals surface area (Å²) < 4.78 is 43.1. The van der Waals surface area contributed by atoms with E-state index in [2.05, 4.69) is 15.6 Å². The van der Waals surface area contributed by atoms with Gasteiger partial charge in [0.2, 0.25) is 21.8 Å². The van der Waals surface area contributed by atoms with E-state index in [1.165, 1.54) is 29.8 Å². The summed E-state index contributed by atoms with van der Waals surface area (Å²) in [7, 11) is -2.73. The molecule has 4 aromatic rings. The quantitative estimate of drug-likeness (QED) is 0.350. The Morgan fingerprint density at radius 1 is 1.09 bits per heavy atom. The van der Waals surface area contributed by atoms with Crippen molar-refractivity contribution in [1.82, 2.24) is 29.1 Å². The number of imidazole rings is 1. The summed E-state index contributed by atoms with van der Waals surface area (Å²) in [5.41, 5.74) is 1.38. The molecule has 5 rings (SSSR count). The van der Waals surface area contributed by atoms with E-state index in [9.17, 15) is 22.8 Å². The Kier molecular flexibility index (Phi) is 9.20. The number of sulfonamides is 1. The molecule has 0 radical (unpaired) electrons. The van der Waals surface area contributed by atoms with Gasteiger partial charge in [0, 0.05) is 44.6 Å². The second-order valence-electron chi connectivity index (χ2n) is 11.1. The third-order valence-electron chi connectivity index (χ3n) is 7.36. The Bertz CT molecular complexity index is 1820. The number of carbonyl (C=O) groups excluding carboxylic acids is 2. The Labute approximate surface area is 254 Å². The van der Waals surface area contributed by atoms with E-state index in [4.69, 9.17) is 9.15 Å². The Balaban J connectivity index is 1.46. The van der Waals surface area contributed by atoms with Crippen LogP contribution in [-0.4, -0.2) is 70.9 Å². The molecule has 0 spiro atoms.